The van der Waals surface area contributed by atoms with Crippen LogP contribution in [-0.2, 0) is 13.9 Å². The Morgan fingerprint density at radius 2 is 1.74 bits per heavy atom. The second kappa shape index (κ2) is 5.30. The molecule has 2 rings (SSSR count). The molecule has 0 bridgehead atoms. The lowest BCUT2D eigenvalue weighted by Crippen LogP contribution is -2.27. The molecular weight excluding hydrogens is 269 g/mol. The van der Waals surface area contributed by atoms with Gasteiger partial charge in [-0.2, -0.15) is 0 Å². The van der Waals surface area contributed by atoms with Gasteiger partial charge in [-0.25, -0.2) is 9.42 Å². The van der Waals surface area contributed by atoms with Gasteiger partial charge in [0.25, 0.3) is 11.8 Å². The van der Waals surface area contributed by atoms with Crippen molar-refractivity contribution < 1.29 is 23.5 Å². The Bertz CT molecular complexity index is 548. The van der Waals surface area contributed by atoms with E-state index >= 15 is 0 Å². The second-order valence-corrected chi connectivity index (χ2v) is 4.35. The Kier molecular flexibility index (Phi) is 3.74. The van der Waals surface area contributed by atoms with E-state index in [4.69, 9.17) is 4.62 Å². The zero-order valence-corrected chi connectivity index (χ0v) is 11.0. The lowest BCUT2D eigenvalue weighted by molar-refractivity contribution is -0.130. The maximum absolute atomic E-state index is 11.8. The number of amides is 2. The summed E-state index contributed by atoms with van der Waals surface area (Å²) in [5.74, 6) is -1.78. The first-order chi connectivity index (χ1) is 9.02. The summed E-state index contributed by atoms with van der Waals surface area (Å²) in [7, 11) is -0.787. The number of hydroxylamine groups is 2. The van der Waals surface area contributed by atoms with Gasteiger partial charge in [-0.05, 0) is 19.1 Å². The van der Waals surface area contributed by atoms with E-state index in [0.29, 0.717) is 5.06 Å². The number of hydrogen-bond acceptors (Lipinski definition) is 5. The van der Waals surface area contributed by atoms with E-state index in [9.17, 15) is 14.4 Å². The zero-order valence-electron chi connectivity index (χ0n) is 10.0. The van der Waals surface area contributed by atoms with E-state index in [1.807, 2.05) is 0 Å². The van der Waals surface area contributed by atoms with Crippen molar-refractivity contribution in [1.82, 2.24) is 5.06 Å². The average molecular weight is 279 g/mol. The lowest BCUT2D eigenvalue weighted by atomic mass is 10.1. The SMILES string of the molecule is C=C(C)C(=O)OPON1C(=O)c2ccccc2C1=O. The fourth-order valence-corrected chi connectivity index (χ4v) is 1.96. The van der Waals surface area contributed by atoms with Crippen molar-refractivity contribution in [3.63, 3.8) is 0 Å². The predicted octanol–water partition coefficient (Wildman–Crippen LogP) is 1.84. The number of rotatable bonds is 4. The van der Waals surface area contributed by atoms with Crippen molar-refractivity contribution in [3.05, 3.63) is 47.5 Å². The molecule has 1 aromatic carbocycles. The first kappa shape index (κ1) is 13.4. The van der Waals surface area contributed by atoms with E-state index in [0.717, 1.165) is 0 Å². The van der Waals surface area contributed by atoms with Crippen LogP contribution in [0.25, 0.3) is 0 Å². The predicted molar refractivity (Wildman–Crippen MR) is 67.2 cm³/mol. The van der Waals surface area contributed by atoms with Gasteiger partial charge in [-0.1, -0.05) is 18.7 Å². The van der Waals surface area contributed by atoms with E-state index in [1.165, 1.54) is 19.1 Å². The van der Waals surface area contributed by atoms with Crippen LogP contribution < -0.4 is 0 Å². The summed E-state index contributed by atoms with van der Waals surface area (Å²) in [6.45, 7) is 4.88. The Hall–Kier alpha value is -2.04. The summed E-state index contributed by atoms with van der Waals surface area (Å²) in [6, 6.07) is 6.36. The minimum absolute atomic E-state index is 0.207. The maximum atomic E-state index is 11.8. The molecule has 0 fully saturated rings. The molecular formula is C12H10NO5P. The molecule has 0 aromatic heterocycles. The fraction of sp³-hybridized carbons (Fsp3) is 0.0833. The topological polar surface area (TPSA) is 72.9 Å². The molecule has 0 saturated carbocycles. The molecule has 19 heavy (non-hydrogen) atoms. The van der Waals surface area contributed by atoms with Gasteiger partial charge in [-0.15, -0.1) is 5.06 Å². The number of imide groups is 1. The first-order valence-electron chi connectivity index (χ1n) is 5.29. The Morgan fingerprint density at radius 1 is 1.21 bits per heavy atom. The van der Waals surface area contributed by atoms with Crippen LogP contribution in [0, 0.1) is 0 Å². The molecule has 0 aliphatic carbocycles. The van der Waals surface area contributed by atoms with Gasteiger partial charge >= 0.3 is 5.97 Å². The van der Waals surface area contributed by atoms with Crippen molar-refractivity contribution >= 4 is 26.8 Å². The number of benzene rings is 1. The highest BCUT2D eigenvalue weighted by Crippen LogP contribution is 2.27. The maximum Gasteiger partial charge on any atom is 0.337 e. The third kappa shape index (κ3) is 2.54. The number of fused-ring (bicyclic) bond motifs is 1. The summed E-state index contributed by atoms with van der Waals surface area (Å²) in [5, 5.41) is 0.592. The molecule has 1 unspecified atom stereocenters. The van der Waals surface area contributed by atoms with Crippen LogP contribution in [-0.4, -0.2) is 22.8 Å². The highest BCUT2D eigenvalue weighted by atomic mass is 31.1. The largest absolute Gasteiger partial charge is 0.414 e. The Balaban J connectivity index is 2.01. The van der Waals surface area contributed by atoms with Gasteiger partial charge in [-0.3, -0.25) is 9.59 Å². The van der Waals surface area contributed by atoms with Gasteiger partial charge in [0.05, 0.1) is 11.1 Å². The molecule has 0 spiro atoms. The van der Waals surface area contributed by atoms with Crippen LogP contribution in [0.3, 0.4) is 0 Å². The molecule has 7 heteroatoms. The summed E-state index contributed by atoms with van der Waals surface area (Å²) in [4.78, 5) is 34.8. The Labute approximate surface area is 110 Å². The zero-order chi connectivity index (χ0) is 14.0. The molecule has 98 valence electrons. The van der Waals surface area contributed by atoms with E-state index < -0.39 is 26.8 Å². The highest BCUT2D eigenvalue weighted by molar-refractivity contribution is 7.27. The minimum Gasteiger partial charge on any atom is -0.414 e. The third-order valence-corrected chi connectivity index (χ3v) is 2.89. The number of carbonyl (C=O) groups excluding carboxylic acids is 3. The molecule has 1 atom stereocenters. The first-order valence-corrected chi connectivity index (χ1v) is 6.10. The average Bonchev–Trinajstić information content (AvgIpc) is 2.64. The summed E-state index contributed by atoms with van der Waals surface area (Å²) in [5.41, 5.74) is 0.741. The van der Waals surface area contributed by atoms with Gasteiger partial charge in [0, 0.05) is 5.57 Å². The van der Waals surface area contributed by atoms with Crippen molar-refractivity contribution in [3.8, 4) is 0 Å². The lowest BCUT2D eigenvalue weighted by Gasteiger charge is -2.12. The quantitative estimate of drug-likeness (QED) is 0.477. The highest BCUT2D eigenvalue weighted by Gasteiger charge is 2.36. The normalized spacial score (nSPS) is 14.1. The molecule has 6 nitrogen and oxygen atoms in total. The van der Waals surface area contributed by atoms with Crippen LogP contribution >= 0.6 is 9.03 Å². The van der Waals surface area contributed by atoms with Crippen LogP contribution in [0.1, 0.15) is 27.6 Å². The number of carbonyl (C=O) groups is 3. The smallest absolute Gasteiger partial charge is 0.337 e. The van der Waals surface area contributed by atoms with E-state index in [2.05, 4.69) is 11.1 Å². The van der Waals surface area contributed by atoms with Gasteiger partial charge in [0.15, 0.2) is 0 Å². The molecule has 1 aromatic rings. The standard InChI is InChI=1S/C12H10NO5P/c1-7(2)12(16)17-19-18-13-10(14)8-5-3-4-6-9(8)11(13)15/h3-6,19H,1H2,2H3. The van der Waals surface area contributed by atoms with Crippen LogP contribution in [0.15, 0.2) is 36.4 Å². The monoisotopic (exact) mass is 279 g/mol. The molecule has 1 aliphatic heterocycles. The van der Waals surface area contributed by atoms with E-state index in [1.54, 1.807) is 12.1 Å². The molecule has 1 aliphatic rings. The van der Waals surface area contributed by atoms with Crippen molar-refractivity contribution in [2.45, 2.75) is 6.92 Å². The van der Waals surface area contributed by atoms with Crippen LogP contribution in [0.2, 0.25) is 0 Å². The van der Waals surface area contributed by atoms with Gasteiger partial charge in [0.2, 0.25) is 9.03 Å². The number of hydrogen-bond donors (Lipinski definition) is 0. The molecule has 1 heterocycles. The third-order valence-electron chi connectivity index (χ3n) is 2.37. The van der Waals surface area contributed by atoms with Gasteiger partial charge < -0.3 is 4.52 Å². The minimum atomic E-state index is -0.787. The van der Waals surface area contributed by atoms with Crippen molar-refractivity contribution in [1.29, 1.82) is 0 Å². The fourth-order valence-electron chi connectivity index (χ4n) is 1.43. The van der Waals surface area contributed by atoms with Crippen molar-refractivity contribution in [2.75, 3.05) is 0 Å². The van der Waals surface area contributed by atoms with Crippen LogP contribution in [0.5, 0.6) is 0 Å². The molecule has 0 saturated heterocycles. The van der Waals surface area contributed by atoms with Crippen molar-refractivity contribution in [2.24, 2.45) is 0 Å². The molecule has 0 N–H and O–H groups in total. The second-order valence-electron chi connectivity index (χ2n) is 3.79. The molecule has 2 amide bonds. The Morgan fingerprint density at radius 3 is 2.21 bits per heavy atom. The van der Waals surface area contributed by atoms with E-state index in [-0.39, 0.29) is 16.7 Å². The molecule has 0 radical (unpaired) electrons. The van der Waals surface area contributed by atoms with Gasteiger partial charge in [0.1, 0.15) is 0 Å². The summed E-state index contributed by atoms with van der Waals surface area (Å²) >= 11 is 0. The van der Waals surface area contributed by atoms with Crippen LogP contribution in [0.4, 0.5) is 0 Å². The number of nitrogens with zero attached hydrogens (tertiary/aromatic N) is 1. The summed E-state index contributed by atoms with van der Waals surface area (Å²) < 4.78 is 9.59. The summed E-state index contributed by atoms with van der Waals surface area (Å²) in [6.07, 6.45) is 0.